The van der Waals surface area contributed by atoms with Crippen LogP contribution in [0.25, 0.3) is 0 Å². The van der Waals surface area contributed by atoms with Crippen molar-refractivity contribution in [2.45, 2.75) is 46.3 Å². The molecule has 5 nitrogen and oxygen atoms in total. The molecule has 0 atom stereocenters. The van der Waals surface area contributed by atoms with Gasteiger partial charge in [0.15, 0.2) is 0 Å². The first-order chi connectivity index (χ1) is 10.7. The average molecular weight is 319 g/mol. The van der Waals surface area contributed by atoms with Crippen molar-refractivity contribution in [1.82, 2.24) is 4.90 Å². The van der Waals surface area contributed by atoms with Crippen LogP contribution in [0.4, 0.5) is 16.2 Å². The van der Waals surface area contributed by atoms with Crippen molar-refractivity contribution in [1.29, 1.82) is 0 Å². The van der Waals surface area contributed by atoms with Crippen LogP contribution in [0, 0.1) is 0 Å². The van der Waals surface area contributed by atoms with Crippen molar-refractivity contribution < 1.29 is 9.53 Å². The number of benzene rings is 1. The van der Waals surface area contributed by atoms with Crippen molar-refractivity contribution in [3.05, 3.63) is 24.3 Å². The number of amides is 1. The first-order valence-electron chi connectivity index (χ1n) is 8.34. The van der Waals surface area contributed by atoms with E-state index in [-0.39, 0.29) is 6.09 Å². The van der Waals surface area contributed by atoms with Crippen LogP contribution >= 0.6 is 0 Å². The predicted molar refractivity (Wildman–Crippen MR) is 95.2 cm³/mol. The van der Waals surface area contributed by atoms with Gasteiger partial charge in [-0.2, -0.15) is 0 Å². The molecule has 1 aliphatic rings. The molecule has 1 saturated heterocycles. The average Bonchev–Trinajstić information content (AvgIpc) is 2.46. The largest absolute Gasteiger partial charge is 0.444 e. The van der Waals surface area contributed by atoms with Gasteiger partial charge in [-0.15, -0.1) is 0 Å². The summed E-state index contributed by atoms with van der Waals surface area (Å²) in [6, 6.07) is 8.91. The summed E-state index contributed by atoms with van der Waals surface area (Å²) in [6.07, 6.45) is -0.214. The highest BCUT2D eigenvalue weighted by Gasteiger charge is 2.25. The van der Waals surface area contributed by atoms with Gasteiger partial charge in [-0.3, -0.25) is 0 Å². The minimum absolute atomic E-state index is 0.214. The van der Waals surface area contributed by atoms with Crippen molar-refractivity contribution in [2.75, 3.05) is 36.4 Å². The van der Waals surface area contributed by atoms with E-state index in [0.717, 1.165) is 18.8 Å². The molecule has 128 valence electrons. The number of hydrogen-bond donors (Lipinski definition) is 1. The Balaban J connectivity index is 1.88. The van der Waals surface area contributed by atoms with E-state index in [9.17, 15) is 4.79 Å². The van der Waals surface area contributed by atoms with Gasteiger partial charge < -0.3 is 19.9 Å². The second-order valence-corrected chi connectivity index (χ2v) is 7.30. The first kappa shape index (κ1) is 17.4. The number of nitrogens with one attached hydrogen (secondary N) is 1. The Morgan fingerprint density at radius 2 is 1.65 bits per heavy atom. The number of carbonyl (C=O) groups excluding carboxylic acids is 1. The minimum Gasteiger partial charge on any atom is -0.444 e. The molecule has 0 unspecified atom stereocenters. The highest BCUT2D eigenvalue weighted by atomic mass is 16.6. The molecular weight excluding hydrogens is 290 g/mol. The van der Waals surface area contributed by atoms with Crippen LogP contribution in [0.15, 0.2) is 24.3 Å². The number of rotatable bonds is 3. The van der Waals surface area contributed by atoms with Gasteiger partial charge in [0.05, 0.1) is 0 Å². The summed E-state index contributed by atoms with van der Waals surface area (Å²) in [5, 5.41) is 3.39. The zero-order valence-corrected chi connectivity index (χ0v) is 14.9. The molecule has 1 aromatic carbocycles. The van der Waals surface area contributed by atoms with Gasteiger partial charge in [0.2, 0.25) is 0 Å². The van der Waals surface area contributed by atoms with Crippen LogP contribution in [0.2, 0.25) is 0 Å². The maximum absolute atomic E-state index is 12.1. The van der Waals surface area contributed by atoms with Gasteiger partial charge in [0, 0.05) is 43.6 Å². The Morgan fingerprint density at radius 1 is 1.09 bits per heavy atom. The lowest BCUT2D eigenvalue weighted by Gasteiger charge is -2.36. The second-order valence-electron chi connectivity index (χ2n) is 7.30. The molecule has 0 aliphatic carbocycles. The van der Waals surface area contributed by atoms with E-state index in [4.69, 9.17) is 4.74 Å². The molecular formula is C18H29N3O2. The topological polar surface area (TPSA) is 44.8 Å². The summed E-state index contributed by atoms with van der Waals surface area (Å²) < 4.78 is 5.43. The fourth-order valence-corrected chi connectivity index (χ4v) is 2.58. The number of piperazine rings is 1. The summed E-state index contributed by atoms with van der Waals surface area (Å²) in [5.74, 6) is 0. The third kappa shape index (κ3) is 5.34. The Labute approximate surface area is 139 Å². The molecule has 0 spiro atoms. The van der Waals surface area contributed by atoms with Crippen LogP contribution < -0.4 is 10.2 Å². The van der Waals surface area contributed by atoms with Crippen LogP contribution in [0.1, 0.15) is 34.6 Å². The van der Waals surface area contributed by atoms with Crippen LogP contribution in [0.3, 0.4) is 0 Å². The molecule has 0 aromatic heterocycles. The van der Waals surface area contributed by atoms with Gasteiger partial charge in [0.25, 0.3) is 0 Å². The third-order valence-corrected chi connectivity index (χ3v) is 3.62. The van der Waals surface area contributed by atoms with Crippen molar-refractivity contribution >= 4 is 17.5 Å². The highest BCUT2D eigenvalue weighted by molar-refractivity contribution is 5.68. The van der Waals surface area contributed by atoms with Gasteiger partial charge >= 0.3 is 6.09 Å². The SMILES string of the molecule is CC(C)Nc1ccc(N2CCN(C(=O)OC(C)(C)C)CC2)cc1. The molecule has 23 heavy (non-hydrogen) atoms. The van der Waals surface area contributed by atoms with Crippen LogP contribution in [-0.4, -0.2) is 48.8 Å². The lowest BCUT2D eigenvalue weighted by Crippen LogP contribution is -2.50. The minimum atomic E-state index is -0.437. The molecule has 1 N–H and O–H groups in total. The van der Waals surface area contributed by atoms with Gasteiger partial charge in [-0.1, -0.05) is 0 Å². The molecule has 5 heteroatoms. The molecule has 0 radical (unpaired) electrons. The molecule has 1 aliphatic heterocycles. The number of carbonyl (C=O) groups is 1. The lowest BCUT2D eigenvalue weighted by molar-refractivity contribution is 0.0240. The normalized spacial score (nSPS) is 15.7. The molecule has 1 heterocycles. The Kier molecular flexibility index (Phi) is 5.39. The lowest BCUT2D eigenvalue weighted by atomic mass is 10.2. The summed E-state index contributed by atoms with van der Waals surface area (Å²) in [5.41, 5.74) is 1.90. The quantitative estimate of drug-likeness (QED) is 0.925. The monoisotopic (exact) mass is 319 g/mol. The van der Waals surface area contributed by atoms with Crippen molar-refractivity contribution in [3.63, 3.8) is 0 Å². The van der Waals surface area contributed by atoms with Crippen molar-refractivity contribution in [2.24, 2.45) is 0 Å². The van der Waals surface area contributed by atoms with Gasteiger partial charge in [-0.05, 0) is 58.9 Å². The summed E-state index contributed by atoms with van der Waals surface area (Å²) in [7, 11) is 0. The molecule has 0 bridgehead atoms. The third-order valence-electron chi connectivity index (χ3n) is 3.62. The number of hydrogen-bond acceptors (Lipinski definition) is 4. The van der Waals surface area contributed by atoms with E-state index in [1.54, 1.807) is 4.90 Å². The summed E-state index contributed by atoms with van der Waals surface area (Å²) in [6.45, 7) is 13.0. The van der Waals surface area contributed by atoms with E-state index in [0.29, 0.717) is 19.1 Å². The number of ether oxygens (including phenoxy) is 1. The zero-order valence-electron chi connectivity index (χ0n) is 14.9. The molecule has 2 rings (SSSR count). The summed E-state index contributed by atoms with van der Waals surface area (Å²) in [4.78, 5) is 16.2. The van der Waals surface area contributed by atoms with Gasteiger partial charge in [0.1, 0.15) is 5.60 Å². The van der Waals surface area contributed by atoms with Crippen molar-refractivity contribution in [3.8, 4) is 0 Å². The van der Waals surface area contributed by atoms with E-state index in [1.807, 2.05) is 20.8 Å². The molecule has 1 aromatic rings. The van der Waals surface area contributed by atoms with E-state index in [2.05, 4.69) is 48.3 Å². The zero-order chi connectivity index (χ0) is 17.0. The van der Waals surface area contributed by atoms with E-state index >= 15 is 0 Å². The fraction of sp³-hybridized carbons (Fsp3) is 0.611. The predicted octanol–water partition coefficient (Wildman–Crippen LogP) is 3.56. The van der Waals surface area contributed by atoms with E-state index < -0.39 is 5.60 Å². The fourth-order valence-electron chi connectivity index (χ4n) is 2.58. The van der Waals surface area contributed by atoms with Gasteiger partial charge in [-0.25, -0.2) is 4.79 Å². The molecule has 1 amide bonds. The number of nitrogens with zero attached hydrogens (tertiary/aromatic N) is 2. The Bertz CT molecular complexity index is 512. The maximum atomic E-state index is 12.1. The summed E-state index contributed by atoms with van der Waals surface area (Å²) >= 11 is 0. The highest BCUT2D eigenvalue weighted by Crippen LogP contribution is 2.20. The molecule has 1 fully saturated rings. The Hall–Kier alpha value is -1.91. The van der Waals surface area contributed by atoms with E-state index in [1.165, 1.54) is 5.69 Å². The standard InChI is InChI=1S/C18H29N3O2/c1-14(2)19-15-6-8-16(9-7-15)20-10-12-21(13-11-20)17(22)23-18(3,4)5/h6-9,14,19H,10-13H2,1-5H3. The van der Waals surface area contributed by atoms with Crippen LogP contribution in [-0.2, 0) is 4.74 Å². The maximum Gasteiger partial charge on any atom is 0.410 e. The first-order valence-corrected chi connectivity index (χ1v) is 8.34. The Morgan fingerprint density at radius 3 is 2.13 bits per heavy atom. The number of anilines is 2. The smallest absolute Gasteiger partial charge is 0.410 e. The molecule has 0 saturated carbocycles. The van der Waals surface area contributed by atoms with Crippen LogP contribution in [0.5, 0.6) is 0 Å². The second kappa shape index (κ2) is 7.11.